The number of hydrogen-bond donors (Lipinski definition) is 3. The second kappa shape index (κ2) is 23.9. The van der Waals surface area contributed by atoms with Gasteiger partial charge in [-0.15, -0.1) is 6.58 Å². The maximum absolute atomic E-state index is 15.2. The van der Waals surface area contributed by atoms with E-state index in [2.05, 4.69) is 19.6 Å². The third-order valence-corrected chi connectivity index (χ3v) is 14.1. The number of amides is 1. The number of ether oxygens (including phenoxy) is 5. The molecular weight excluding hydrogens is 813 g/mol. The van der Waals surface area contributed by atoms with Gasteiger partial charge in [0.05, 0.1) is 24.8 Å². The number of hydrogen-bond acceptors (Lipinski definition) is 11. The topological polar surface area (TPSA) is 149 Å². The zero-order valence-electron chi connectivity index (χ0n) is 38.3. The van der Waals surface area contributed by atoms with Crippen LogP contribution < -0.4 is 14.2 Å². The zero-order chi connectivity index (χ0) is 44.7. The lowest BCUT2D eigenvalue weighted by molar-refractivity contribution is -0.258. The van der Waals surface area contributed by atoms with Gasteiger partial charge in [0.15, 0.2) is 11.5 Å². The number of phenolic OH excluding ortho intramolecular Hbond substituents is 1. The summed E-state index contributed by atoms with van der Waals surface area (Å²) in [4.78, 5) is 23.5. The largest absolute Gasteiger partial charge is 0.508 e. The predicted octanol–water partition coefficient (Wildman–Crippen LogP) is 10.2. The highest BCUT2D eigenvalue weighted by atomic mass is 16.8. The number of rotatable bonds is 26. The van der Waals surface area contributed by atoms with E-state index >= 15 is 4.79 Å². The summed E-state index contributed by atoms with van der Waals surface area (Å²) in [6.45, 7) is 7.72. The van der Waals surface area contributed by atoms with Crippen molar-refractivity contribution >= 4 is 11.6 Å². The van der Waals surface area contributed by atoms with Crippen molar-refractivity contribution in [3.8, 4) is 23.0 Å². The van der Waals surface area contributed by atoms with E-state index in [0.29, 0.717) is 49.5 Å². The molecule has 1 amide bonds. The minimum atomic E-state index is -1.40. The summed E-state index contributed by atoms with van der Waals surface area (Å²) in [5, 5.41) is 36.0. The third kappa shape index (κ3) is 11.5. The van der Waals surface area contributed by atoms with Crippen LogP contribution in [0.3, 0.4) is 0 Å². The highest BCUT2D eigenvalue weighted by Crippen LogP contribution is 2.62. The smallest absolute Gasteiger partial charge is 0.239 e. The standard InChI is InChI=1S/C52H74N2O10/c1-3-5-6-7-8-9-10-11-12-21-48(58)54(35-37-23-25-45-46(31-37)61-36-60-45)47-34-43(53-64-49-22-15-18-30-59-49)41-32-38(19-13-16-27-55)40(20-14-17-28-56)50-42-33-39(57)24-26-44(42)63-52(47,51(41)50)62-29-4-2/h4,23-26,31-33,38,40,47,49-51,55-57H,2-3,5-22,27-30,34-36H2,1H3/t38-,40+,47-,49?,50+,51+,52+/m0/s1. The van der Waals surface area contributed by atoms with E-state index in [9.17, 15) is 15.3 Å². The fraction of sp³-hybridized carbons (Fsp3) is 0.654. The maximum Gasteiger partial charge on any atom is 0.239 e. The van der Waals surface area contributed by atoms with E-state index < -0.39 is 24.0 Å². The molecule has 2 aromatic rings. The van der Waals surface area contributed by atoms with Gasteiger partial charge in [0.1, 0.15) is 17.5 Å². The Kier molecular flexibility index (Phi) is 17.9. The Morgan fingerprint density at radius 2 is 1.66 bits per heavy atom. The van der Waals surface area contributed by atoms with Gasteiger partial charge in [-0.25, -0.2) is 0 Å². The van der Waals surface area contributed by atoms with Crippen LogP contribution in [0.2, 0.25) is 0 Å². The van der Waals surface area contributed by atoms with Crippen LogP contribution >= 0.6 is 0 Å². The molecule has 1 unspecified atom stereocenters. The minimum absolute atomic E-state index is 0.00402. The summed E-state index contributed by atoms with van der Waals surface area (Å²) >= 11 is 0. The van der Waals surface area contributed by atoms with Crippen LogP contribution in [0, 0.1) is 17.8 Å². The molecule has 352 valence electrons. The van der Waals surface area contributed by atoms with E-state index in [1.165, 1.54) is 38.5 Å². The fourth-order valence-corrected chi connectivity index (χ4v) is 10.9. The Hall–Kier alpha value is -4.10. The number of carbonyl (C=O) groups excluding carboxylic acids is 1. The number of benzene rings is 2. The Labute approximate surface area is 381 Å². The van der Waals surface area contributed by atoms with Crippen molar-refractivity contribution in [2.24, 2.45) is 22.9 Å². The summed E-state index contributed by atoms with van der Waals surface area (Å²) in [6.07, 6.45) is 21.9. The molecule has 3 heterocycles. The van der Waals surface area contributed by atoms with Gasteiger partial charge < -0.3 is 48.7 Å². The molecule has 3 N–H and O–H groups in total. The van der Waals surface area contributed by atoms with Gasteiger partial charge in [0, 0.05) is 50.5 Å². The number of aromatic hydroxyl groups is 1. The van der Waals surface area contributed by atoms with Crippen LogP contribution in [0.1, 0.15) is 152 Å². The monoisotopic (exact) mass is 887 g/mol. The number of allylic oxidation sites excluding steroid dienone is 1. The molecule has 1 saturated carbocycles. The van der Waals surface area contributed by atoms with Gasteiger partial charge in [0.25, 0.3) is 0 Å². The average Bonchev–Trinajstić information content (AvgIpc) is 3.79. The normalized spacial score (nSPS) is 26.1. The summed E-state index contributed by atoms with van der Waals surface area (Å²) in [7, 11) is 0. The van der Waals surface area contributed by atoms with Crippen LogP contribution in [-0.2, 0) is 25.7 Å². The van der Waals surface area contributed by atoms with Crippen LogP contribution in [0.25, 0.3) is 0 Å². The molecule has 12 nitrogen and oxygen atoms in total. The molecule has 0 aromatic heterocycles. The molecular formula is C52H74N2O10. The summed E-state index contributed by atoms with van der Waals surface area (Å²) < 4.78 is 32.1. The van der Waals surface area contributed by atoms with E-state index in [1.54, 1.807) is 12.1 Å². The second-order valence-electron chi connectivity index (χ2n) is 18.5. The van der Waals surface area contributed by atoms with Crippen molar-refractivity contribution in [1.29, 1.82) is 0 Å². The number of oxime groups is 1. The number of aliphatic hydroxyl groups is 2. The molecule has 2 aromatic carbocycles. The fourth-order valence-electron chi connectivity index (χ4n) is 10.9. The molecule has 2 aliphatic carbocycles. The Bertz CT molecular complexity index is 1880. The number of aliphatic hydroxyl groups excluding tert-OH is 2. The number of unbranched alkanes of at least 4 members (excludes halogenated alkanes) is 10. The SMILES string of the molecule is C=CCO[C@@]12Oc3ccc(O)cc3[C@H]3[C@H](CCCCO)[C@@H](CCCCO)C=C(C(=NOC4CCCCO4)C[C@@H]1N(Cc1ccc4c(c1)OCO4)C(=O)CCCCCCCCCCC)[C@H]32. The van der Waals surface area contributed by atoms with Gasteiger partial charge in [0.2, 0.25) is 24.8 Å². The lowest BCUT2D eigenvalue weighted by Crippen LogP contribution is -2.70. The van der Waals surface area contributed by atoms with E-state index in [0.717, 1.165) is 86.6 Å². The van der Waals surface area contributed by atoms with Crippen LogP contribution in [0.5, 0.6) is 23.0 Å². The van der Waals surface area contributed by atoms with Crippen molar-refractivity contribution < 1.29 is 48.6 Å². The number of fused-ring (bicyclic) bond motifs is 3. The quantitative estimate of drug-likeness (QED) is 0.0474. The van der Waals surface area contributed by atoms with E-state index in [-0.39, 0.29) is 62.6 Å². The molecule has 64 heavy (non-hydrogen) atoms. The second-order valence-corrected chi connectivity index (χ2v) is 18.5. The van der Waals surface area contributed by atoms with Crippen molar-refractivity contribution in [1.82, 2.24) is 4.90 Å². The molecule has 0 spiro atoms. The van der Waals surface area contributed by atoms with Crippen molar-refractivity contribution in [2.45, 2.75) is 166 Å². The number of phenols is 1. The first-order valence-corrected chi connectivity index (χ1v) is 24.6. The van der Waals surface area contributed by atoms with Gasteiger partial charge in [-0.2, -0.15) is 0 Å². The van der Waals surface area contributed by atoms with Crippen molar-refractivity contribution in [3.05, 3.63) is 71.8 Å². The van der Waals surface area contributed by atoms with Gasteiger partial charge >= 0.3 is 0 Å². The average molecular weight is 887 g/mol. The van der Waals surface area contributed by atoms with E-state index in [4.69, 9.17) is 33.7 Å². The van der Waals surface area contributed by atoms with E-state index in [1.807, 2.05) is 35.2 Å². The molecule has 0 radical (unpaired) electrons. The molecule has 7 rings (SSSR count). The number of nitrogens with zero attached hydrogens (tertiary/aromatic N) is 2. The summed E-state index contributed by atoms with van der Waals surface area (Å²) in [6, 6.07) is 10.5. The summed E-state index contributed by atoms with van der Waals surface area (Å²) in [5.74, 6) is 0.115. The molecule has 5 aliphatic rings. The molecule has 3 aliphatic heterocycles. The molecule has 1 saturated heterocycles. The molecule has 12 heteroatoms. The van der Waals surface area contributed by atoms with Gasteiger partial charge in [-0.3, -0.25) is 4.79 Å². The molecule has 2 fully saturated rings. The maximum atomic E-state index is 15.2. The van der Waals surface area contributed by atoms with Crippen molar-refractivity contribution in [2.75, 3.05) is 33.2 Å². The van der Waals surface area contributed by atoms with Crippen LogP contribution in [-0.4, -0.2) is 83.2 Å². The van der Waals surface area contributed by atoms with Gasteiger partial charge in [-0.1, -0.05) is 94.5 Å². The Balaban J connectivity index is 1.34. The Morgan fingerprint density at radius 1 is 0.906 bits per heavy atom. The minimum Gasteiger partial charge on any atom is -0.508 e. The summed E-state index contributed by atoms with van der Waals surface area (Å²) in [5.41, 5.74) is 3.46. The Morgan fingerprint density at radius 3 is 2.41 bits per heavy atom. The van der Waals surface area contributed by atoms with Crippen LogP contribution in [0.15, 0.2) is 65.9 Å². The third-order valence-electron chi connectivity index (χ3n) is 14.1. The van der Waals surface area contributed by atoms with Crippen molar-refractivity contribution in [3.63, 3.8) is 0 Å². The van der Waals surface area contributed by atoms with Gasteiger partial charge in [-0.05, 0) is 98.2 Å². The highest BCUT2D eigenvalue weighted by Gasteiger charge is 2.65. The highest BCUT2D eigenvalue weighted by molar-refractivity contribution is 6.03. The lowest BCUT2D eigenvalue weighted by Gasteiger charge is -2.60. The zero-order valence-corrected chi connectivity index (χ0v) is 38.3. The lowest BCUT2D eigenvalue weighted by atomic mass is 9.55. The molecule has 0 bridgehead atoms. The first kappa shape index (κ1) is 47.9. The predicted molar refractivity (Wildman–Crippen MR) is 246 cm³/mol. The molecule has 7 atom stereocenters. The first-order chi connectivity index (χ1) is 31.4. The first-order valence-electron chi connectivity index (χ1n) is 24.6. The van der Waals surface area contributed by atoms with Crippen LogP contribution in [0.4, 0.5) is 0 Å². The number of carbonyl (C=O) groups is 1.